The molecule has 0 bridgehead atoms. The summed E-state index contributed by atoms with van der Waals surface area (Å²) in [4.78, 5) is 0. The highest BCUT2D eigenvalue weighted by atomic mass is 32.2. The monoisotopic (exact) mass is 500 g/mol. The Labute approximate surface area is 146 Å². The summed E-state index contributed by atoms with van der Waals surface area (Å²) >= 11 is 0. The second-order valence-electron chi connectivity index (χ2n) is 4.96. The van der Waals surface area contributed by atoms with Crippen LogP contribution in [0.3, 0.4) is 0 Å². The lowest BCUT2D eigenvalue weighted by molar-refractivity contribution is -0.449. The topological polar surface area (TPSA) is 54.4 Å². The van der Waals surface area contributed by atoms with Gasteiger partial charge in [0.2, 0.25) is 0 Å². The van der Waals surface area contributed by atoms with E-state index in [2.05, 4.69) is 0 Å². The molecule has 0 rings (SSSR count). The minimum Gasteiger partial charge on any atom is -0.284 e. The van der Waals surface area contributed by atoms with Crippen molar-refractivity contribution in [1.82, 2.24) is 0 Å². The zero-order valence-electron chi connectivity index (χ0n) is 12.1. The number of hydrogen-bond donors (Lipinski definition) is 1. The summed E-state index contributed by atoms with van der Waals surface area (Å²) in [6.07, 6.45) is -43.5. The van der Waals surface area contributed by atoms with Crippen LogP contribution in [-0.4, -0.2) is 59.9 Å². The summed E-state index contributed by atoms with van der Waals surface area (Å²) < 4.78 is 238. The Hall–Kier alpha value is -1.28. The smallest absolute Gasteiger partial charge is 0.284 e. The van der Waals surface area contributed by atoms with Gasteiger partial charge in [0, 0.05) is 0 Å². The summed E-state index contributed by atoms with van der Waals surface area (Å²) in [7, 11) is -9.07. The molecule has 0 amide bonds. The lowest BCUT2D eigenvalue weighted by Crippen LogP contribution is -2.87. The van der Waals surface area contributed by atoms with Crippen LogP contribution in [0.5, 0.6) is 0 Å². The van der Waals surface area contributed by atoms with Gasteiger partial charge in [0.15, 0.2) is 0 Å². The van der Waals surface area contributed by atoms with Crippen LogP contribution in [0, 0.1) is 0 Å². The molecular formula is C8HF17O3S. The fraction of sp³-hybridized carbons (Fsp3) is 1.00. The van der Waals surface area contributed by atoms with Gasteiger partial charge < -0.3 is 0 Å². The Kier molecular flexibility index (Phi) is 6.08. The van der Waals surface area contributed by atoms with Crippen molar-refractivity contribution in [2.24, 2.45) is 0 Å². The van der Waals surface area contributed by atoms with Crippen molar-refractivity contribution in [2.75, 3.05) is 0 Å². The van der Waals surface area contributed by atoms with Gasteiger partial charge in [-0.2, -0.15) is 74.3 Å². The molecule has 0 aromatic heterocycles. The second-order valence-corrected chi connectivity index (χ2v) is 6.52. The van der Waals surface area contributed by atoms with Gasteiger partial charge in [0.05, 0.1) is 0 Å². The van der Waals surface area contributed by atoms with Crippen LogP contribution in [-0.2, 0) is 10.1 Å². The van der Waals surface area contributed by atoms with Crippen LogP contribution in [0.4, 0.5) is 74.6 Å². The molecule has 0 radical (unpaired) electrons. The molecule has 176 valence electrons. The van der Waals surface area contributed by atoms with Crippen LogP contribution in [0.1, 0.15) is 0 Å². The van der Waals surface area contributed by atoms with Crippen molar-refractivity contribution in [2.45, 2.75) is 47.0 Å². The highest BCUT2D eigenvalue weighted by Crippen LogP contribution is 2.69. The van der Waals surface area contributed by atoms with Gasteiger partial charge in [0.1, 0.15) is 0 Å². The molecule has 0 aromatic carbocycles. The maximum absolute atomic E-state index is 14.2. The summed E-state index contributed by atoms with van der Waals surface area (Å²) in [5.41, 5.74) is -18.7. The zero-order chi connectivity index (χ0) is 24.5. The van der Waals surface area contributed by atoms with Crippen molar-refractivity contribution >= 4 is 10.1 Å². The van der Waals surface area contributed by atoms with Gasteiger partial charge in [-0.3, -0.25) is 4.55 Å². The maximum atomic E-state index is 14.2. The quantitative estimate of drug-likeness (QED) is 0.446. The van der Waals surface area contributed by atoms with Gasteiger partial charge >= 0.3 is 41.3 Å². The minimum atomic E-state index is -9.48. The van der Waals surface area contributed by atoms with Crippen LogP contribution < -0.4 is 0 Å². The van der Waals surface area contributed by atoms with Gasteiger partial charge in [-0.1, -0.05) is 0 Å². The first-order valence-corrected chi connectivity index (χ1v) is 7.12. The Bertz CT molecular complexity index is 690. The molecule has 29 heavy (non-hydrogen) atoms. The highest BCUT2D eigenvalue weighted by molar-refractivity contribution is 7.87. The largest absolute Gasteiger partial charge is 0.435 e. The molecule has 0 aromatic rings. The summed E-state index contributed by atoms with van der Waals surface area (Å²) in [5.74, 6) is 0. The first-order chi connectivity index (χ1) is 12.0. The maximum Gasteiger partial charge on any atom is 0.435 e. The predicted octanol–water partition coefficient (Wildman–Crippen LogP) is 4.84. The van der Waals surface area contributed by atoms with Gasteiger partial charge in [-0.25, -0.2) is 8.78 Å². The Morgan fingerprint density at radius 1 is 0.414 bits per heavy atom. The molecule has 1 unspecified atom stereocenters. The molecule has 3 nitrogen and oxygen atoms in total. The Balaban J connectivity index is 8.47. The van der Waals surface area contributed by atoms with E-state index in [0.717, 1.165) is 0 Å². The summed E-state index contributed by atoms with van der Waals surface area (Å²) in [5, 5.41) is 0. The zero-order valence-corrected chi connectivity index (χ0v) is 12.9. The van der Waals surface area contributed by atoms with E-state index in [4.69, 9.17) is 4.55 Å². The molecular weight excluding hydrogens is 499 g/mol. The molecule has 0 aliphatic carbocycles. The molecule has 0 saturated carbocycles. The average Bonchev–Trinajstić information content (AvgIpc) is 2.27. The first-order valence-electron chi connectivity index (χ1n) is 5.68. The van der Waals surface area contributed by atoms with Crippen molar-refractivity contribution in [1.29, 1.82) is 0 Å². The van der Waals surface area contributed by atoms with Crippen molar-refractivity contribution in [3.05, 3.63) is 0 Å². The Morgan fingerprint density at radius 3 is 0.724 bits per heavy atom. The Morgan fingerprint density at radius 2 is 0.621 bits per heavy atom. The lowest BCUT2D eigenvalue weighted by Gasteiger charge is -2.50. The number of rotatable bonds is 3. The molecule has 0 saturated heterocycles. The van der Waals surface area contributed by atoms with Crippen LogP contribution in [0.2, 0.25) is 0 Å². The van der Waals surface area contributed by atoms with E-state index in [1.807, 2.05) is 0 Å². The number of alkyl halides is 17. The fourth-order valence-electron chi connectivity index (χ4n) is 2.21. The molecule has 0 heterocycles. The van der Waals surface area contributed by atoms with E-state index in [1.165, 1.54) is 0 Å². The van der Waals surface area contributed by atoms with Crippen molar-refractivity contribution < 1.29 is 87.6 Å². The molecule has 0 aliphatic rings. The van der Waals surface area contributed by atoms with E-state index in [9.17, 15) is 83.1 Å². The molecule has 1 N–H and O–H groups in total. The predicted molar refractivity (Wildman–Crippen MR) is 52.2 cm³/mol. The van der Waals surface area contributed by atoms with E-state index < -0.39 is 57.1 Å². The molecule has 0 spiro atoms. The van der Waals surface area contributed by atoms with Crippen molar-refractivity contribution in [3.8, 4) is 0 Å². The van der Waals surface area contributed by atoms with E-state index in [0.29, 0.717) is 0 Å². The van der Waals surface area contributed by atoms with Crippen LogP contribution in [0.15, 0.2) is 0 Å². The SMILES string of the molecule is O=S(=O)(O)C(C(F)(F)F)(C(F)(F)F)C(F)(C(F)(F)F)C(F)(C(F)(F)F)C(F)(F)F. The van der Waals surface area contributed by atoms with E-state index in [-0.39, 0.29) is 0 Å². The number of halogens is 17. The summed E-state index contributed by atoms with van der Waals surface area (Å²) in [6.45, 7) is 0. The van der Waals surface area contributed by atoms with E-state index in [1.54, 1.807) is 0 Å². The van der Waals surface area contributed by atoms with Gasteiger partial charge in [-0.15, -0.1) is 0 Å². The highest BCUT2D eigenvalue weighted by Gasteiger charge is 3.04. The average molecular weight is 500 g/mol. The van der Waals surface area contributed by atoms with Crippen LogP contribution in [0.25, 0.3) is 0 Å². The lowest BCUT2D eigenvalue weighted by atomic mass is 9.72. The fourth-order valence-corrected chi connectivity index (χ4v) is 3.41. The normalized spacial score (nSPS) is 18.6. The summed E-state index contributed by atoms with van der Waals surface area (Å²) in [6, 6.07) is 0. The van der Waals surface area contributed by atoms with Crippen LogP contribution >= 0.6 is 0 Å². The van der Waals surface area contributed by atoms with E-state index >= 15 is 0 Å². The number of hydrogen-bond acceptors (Lipinski definition) is 2. The standard InChI is InChI=1S/C8HF17O3S/c9-1(4(11,12)13,2(10,5(14,15)16)6(17,18)19)3(7(20,21)22,8(23,24)25)29(26,27)28/h(H,26,27,28). The van der Waals surface area contributed by atoms with Gasteiger partial charge in [-0.05, 0) is 0 Å². The third-order valence-electron chi connectivity index (χ3n) is 3.32. The molecule has 0 fully saturated rings. The third-order valence-corrected chi connectivity index (χ3v) is 4.84. The minimum absolute atomic E-state index is 8.08. The molecule has 1 atom stereocenters. The first kappa shape index (κ1) is 27.7. The molecule has 21 heteroatoms. The van der Waals surface area contributed by atoms with Gasteiger partial charge in [0.25, 0.3) is 15.8 Å². The van der Waals surface area contributed by atoms with Crippen molar-refractivity contribution in [3.63, 3.8) is 0 Å². The third kappa shape index (κ3) is 3.26. The second kappa shape index (κ2) is 6.36. The molecule has 0 aliphatic heterocycles.